The first kappa shape index (κ1) is 23.3. The molecule has 1 atom stereocenters. The maximum atomic E-state index is 12.3. The van der Waals surface area contributed by atoms with E-state index in [4.69, 9.17) is 22.3 Å². The van der Waals surface area contributed by atoms with Gasteiger partial charge in [0.1, 0.15) is 0 Å². The number of rotatable bonds is 4. The Morgan fingerprint density at radius 1 is 1.15 bits per heavy atom. The molecule has 2 amide bonds. The van der Waals surface area contributed by atoms with Crippen LogP contribution in [0.4, 0.5) is 4.79 Å². The van der Waals surface area contributed by atoms with Crippen molar-refractivity contribution in [3.8, 4) is 0 Å². The summed E-state index contributed by atoms with van der Waals surface area (Å²) in [5.74, 6) is 0. The maximum absolute atomic E-state index is 12.3. The Labute approximate surface area is 213 Å². The molecule has 1 unspecified atom stereocenters. The van der Waals surface area contributed by atoms with Gasteiger partial charge in [0.15, 0.2) is 0 Å². The summed E-state index contributed by atoms with van der Waals surface area (Å²) in [5.41, 5.74) is 11.7. The van der Waals surface area contributed by atoms with Crippen LogP contribution in [0, 0.1) is 0 Å². The lowest BCUT2D eigenvalue weighted by Crippen LogP contribution is -2.49. The number of aromatic nitrogens is 2. The molecule has 1 aromatic carbocycles. The van der Waals surface area contributed by atoms with E-state index in [-0.39, 0.29) is 18.1 Å². The van der Waals surface area contributed by atoms with Crippen molar-refractivity contribution in [1.29, 1.82) is 0 Å². The van der Waals surface area contributed by atoms with E-state index in [1.165, 1.54) is 16.7 Å². The predicted molar refractivity (Wildman–Crippen MR) is 137 cm³/mol. The van der Waals surface area contributed by atoms with E-state index >= 15 is 0 Å². The molecule has 34 heavy (non-hydrogen) atoms. The van der Waals surface area contributed by atoms with Crippen molar-refractivity contribution in [3.63, 3.8) is 0 Å². The van der Waals surface area contributed by atoms with Crippen molar-refractivity contribution >= 4 is 33.6 Å². The molecule has 1 fully saturated rings. The summed E-state index contributed by atoms with van der Waals surface area (Å²) in [5, 5.41) is 0.767. The molecule has 1 saturated heterocycles. The minimum atomic E-state index is -0.381. The first-order valence-corrected chi connectivity index (χ1v) is 12.8. The Balaban J connectivity index is 1.40. The van der Waals surface area contributed by atoms with Crippen LogP contribution >= 0.6 is 27.5 Å². The fourth-order valence-electron chi connectivity index (χ4n) is 5.31. The van der Waals surface area contributed by atoms with Gasteiger partial charge in [-0.3, -0.25) is 14.9 Å². The van der Waals surface area contributed by atoms with Crippen LogP contribution in [0.25, 0.3) is 0 Å². The normalized spacial score (nSPS) is 18.6. The summed E-state index contributed by atoms with van der Waals surface area (Å²) in [6, 6.07) is 12.1. The minimum absolute atomic E-state index is 0.0687. The van der Waals surface area contributed by atoms with E-state index in [0.717, 1.165) is 59.5 Å². The zero-order valence-corrected chi connectivity index (χ0v) is 21.2. The lowest BCUT2D eigenvalue weighted by Gasteiger charge is -2.41. The lowest BCUT2D eigenvalue weighted by atomic mass is 9.93. The Kier molecular flexibility index (Phi) is 6.86. The number of piperidine rings is 1. The van der Waals surface area contributed by atoms with Crippen LogP contribution in [0.1, 0.15) is 46.8 Å². The highest BCUT2D eigenvalue weighted by Gasteiger charge is 2.35. The molecule has 1 aliphatic carbocycles. The number of carbonyl (C=O) groups excluding carboxylic acids is 1. The quantitative estimate of drug-likeness (QED) is 0.498. The Morgan fingerprint density at radius 2 is 1.94 bits per heavy atom. The number of urea groups is 1. The number of nitrogens with zero attached hydrogens (tertiary/aromatic N) is 4. The van der Waals surface area contributed by atoms with Crippen LogP contribution < -0.4 is 5.73 Å². The molecule has 0 saturated carbocycles. The van der Waals surface area contributed by atoms with Gasteiger partial charge >= 0.3 is 6.03 Å². The van der Waals surface area contributed by atoms with Gasteiger partial charge in [0, 0.05) is 53.8 Å². The van der Waals surface area contributed by atoms with Gasteiger partial charge in [-0.05, 0) is 88.1 Å². The summed E-state index contributed by atoms with van der Waals surface area (Å²) in [6.45, 7) is 2.19. The number of nitrogens with two attached hydrogens (primary N) is 1. The predicted octanol–water partition coefficient (Wildman–Crippen LogP) is 5.13. The van der Waals surface area contributed by atoms with Crippen molar-refractivity contribution in [2.45, 2.75) is 44.3 Å². The molecule has 6 nitrogen and oxygen atoms in total. The van der Waals surface area contributed by atoms with Crippen LogP contribution in [-0.4, -0.2) is 44.9 Å². The number of benzene rings is 1. The largest absolute Gasteiger partial charge is 0.351 e. The third-order valence-corrected chi connectivity index (χ3v) is 7.62. The minimum Gasteiger partial charge on any atom is -0.351 e. The third-order valence-electron chi connectivity index (χ3n) is 6.95. The number of aryl methyl sites for hydroxylation is 2. The topological polar surface area (TPSA) is 75.4 Å². The molecule has 3 aromatic rings. The zero-order valence-electron chi connectivity index (χ0n) is 18.8. The first-order chi connectivity index (χ1) is 16.5. The third kappa shape index (κ3) is 4.83. The maximum Gasteiger partial charge on any atom is 0.315 e. The van der Waals surface area contributed by atoms with Crippen LogP contribution in [-0.2, 0) is 19.4 Å². The van der Waals surface area contributed by atoms with E-state index in [9.17, 15) is 4.79 Å². The highest BCUT2D eigenvalue weighted by Crippen LogP contribution is 2.39. The second kappa shape index (κ2) is 10.0. The monoisotopic (exact) mass is 539 g/mol. The summed E-state index contributed by atoms with van der Waals surface area (Å²) < 4.78 is 1.00. The summed E-state index contributed by atoms with van der Waals surface area (Å²) in [7, 11) is 0. The number of hydrogen-bond donors (Lipinski definition) is 1. The number of halogens is 2. The number of amides is 2. The fraction of sp³-hybridized carbons (Fsp3) is 0.346. The molecule has 3 heterocycles. The number of fused-ring (bicyclic) bond motifs is 2. The van der Waals surface area contributed by atoms with Crippen LogP contribution in [0.5, 0.6) is 0 Å². The van der Waals surface area contributed by atoms with E-state index in [1.807, 2.05) is 24.4 Å². The van der Waals surface area contributed by atoms with Crippen molar-refractivity contribution in [3.05, 3.63) is 92.4 Å². The van der Waals surface area contributed by atoms with Gasteiger partial charge in [0.05, 0.1) is 11.7 Å². The standard InChI is InChI=1S/C26H27BrClN5O/c27-20-12-19-4-3-18-13-21(28)5-6-23(18)25(24(19)31-15-20)32-10-7-22(8-11-32)33(26(29)34)16-17-2-1-9-30-14-17/h1-2,5-6,9,12-15,22,25H,3-4,7-8,10-11,16H2,(H2,29,34). The van der Waals surface area contributed by atoms with Crippen molar-refractivity contribution in [2.24, 2.45) is 5.73 Å². The molecule has 1 aliphatic heterocycles. The van der Waals surface area contributed by atoms with E-state index in [0.29, 0.717) is 6.54 Å². The van der Waals surface area contributed by atoms with Gasteiger partial charge in [0.2, 0.25) is 0 Å². The van der Waals surface area contributed by atoms with Crippen LogP contribution in [0.2, 0.25) is 5.02 Å². The van der Waals surface area contributed by atoms with Gasteiger partial charge in [-0.25, -0.2) is 4.79 Å². The molecule has 2 aromatic heterocycles. The second-order valence-electron chi connectivity index (χ2n) is 9.04. The summed E-state index contributed by atoms with van der Waals surface area (Å²) >= 11 is 9.95. The fourth-order valence-corrected chi connectivity index (χ4v) is 5.89. The van der Waals surface area contributed by atoms with Gasteiger partial charge < -0.3 is 10.6 Å². The van der Waals surface area contributed by atoms with Gasteiger partial charge in [-0.15, -0.1) is 0 Å². The molecule has 8 heteroatoms. The molecular formula is C26H27BrClN5O. The highest BCUT2D eigenvalue weighted by molar-refractivity contribution is 9.10. The molecule has 5 rings (SSSR count). The van der Waals surface area contributed by atoms with Crippen LogP contribution in [0.15, 0.2) is 59.5 Å². The van der Waals surface area contributed by atoms with E-state index in [1.54, 1.807) is 17.3 Å². The second-order valence-corrected chi connectivity index (χ2v) is 10.4. The molecular weight excluding hydrogens is 514 g/mol. The molecule has 2 N–H and O–H groups in total. The summed E-state index contributed by atoms with van der Waals surface area (Å²) in [6.07, 6.45) is 9.00. The molecule has 0 bridgehead atoms. The zero-order chi connectivity index (χ0) is 23.7. The smallest absolute Gasteiger partial charge is 0.315 e. The highest BCUT2D eigenvalue weighted by atomic mass is 79.9. The number of primary amides is 1. The molecule has 0 spiro atoms. The average Bonchev–Trinajstić information content (AvgIpc) is 2.99. The molecule has 176 valence electrons. The van der Waals surface area contributed by atoms with Crippen LogP contribution in [0.3, 0.4) is 0 Å². The Morgan fingerprint density at radius 3 is 2.68 bits per heavy atom. The summed E-state index contributed by atoms with van der Waals surface area (Å²) in [4.78, 5) is 25.7. The van der Waals surface area contributed by atoms with Gasteiger partial charge in [-0.2, -0.15) is 0 Å². The average molecular weight is 541 g/mol. The Bertz CT molecular complexity index is 1130. The van der Waals surface area contributed by atoms with Crippen molar-refractivity contribution in [2.75, 3.05) is 13.1 Å². The number of pyridine rings is 2. The van der Waals surface area contributed by atoms with Gasteiger partial charge in [-0.1, -0.05) is 23.7 Å². The van der Waals surface area contributed by atoms with Crippen molar-refractivity contribution < 1.29 is 4.79 Å². The molecule has 2 aliphatic rings. The van der Waals surface area contributed by atoms with E-state index in [2.05, 4.69) is 44.0 Å². The number of carbonyl (C=O) groups is 1. The van der Waals surface area contributed by atoms with E-state index < -0.39 is 0 Å². The number of hydrogen-bond acceptors (Lipinski definition) is 4. The Hall–Kier alpha value is -2.48. The van der Waals surface area contributed by atoms with Gasteiger partial charge in [0.25, 0.3) is 0 Å². The first-order valence-electron chi connectivity index (χ1n) is 11.6. The van der Waals surface area contributed by atoms with Crippen molar-refractivity contribution in [1.82, 2.24) is 19.8 Å². The molecule has 0 radical (unpaired) electrons. The SMILES string of the molecule is NC(=O)N(Cc1cccnc1)C1CCN(C2c3ccc(Cl)cc3CCc3cc(Br)cnc32)CC1. The lowest BCUT2D eigenvalue weighted by molar-refractivity contribution is 0.104. The number of likely N-dealkylation sites (tertiary alicyclic amines) is 1.